The molecule has 27 heavy (non-hydrogen) atoms. The summed E-state index contributed by atoms with van der Waals surface area (Å²) in [5, 5.41) is 11.7. The standard InChI is InChI=1S/C23H24N2O2/c24-16-17-5-4-8-20(15-17)25-22(26)27-21-11-14-23(21)12-9-19(10-13-23)18-6-2-1-3-7-18/h1-8,15,19,21H,9-14H2,(H,25,26)/t19?,21-,23?/m0/s1. The molecule has 0 saturated heterocycles. The highest BCUT2D eigenvalue weighted by atomic mass is 16.6. The number of carbonyl (C=O) groups is 1. The van der Waals surface area contributed by atoms with Crippen molar-refractivity contribution in [2.75, 3.05) is 5.32 Å². The Kier molecular flexibility index (Phi) is 4.85. The highest BCUT2D eigenvalue weighted by Gasteiger charge is 2.50. The first-order valence-electron chi connectivity index (χ1n) is 9.71. The van der Waals surface area contributed by atoms with E-state index in [-0.39, 0.29) is 11.5 Å². The van der Waals surface area contributed by atoms with Crippen LogP contribution in [-0.2, 0) is 4.74 Å². The second-order valence-electron chi connectivity index (χ2n) is 7.80. The first-order chi connectivity index (χ1) is 13.2. The lowest BCUT2D eigenvalue weighted by molar-refractivity contribution is -0.0915. The van der Waals surface area contributed by atoms with Crippen LogP contribution in [0.1, 0.15) is 55.6 Å². The van der Waals surface area contributed by atoms with Gasteiger partial charge in [-0.05, 0) is 68.2 Å². The Morgan fingerprint density at radius 1 is 1.04 bits per heavy atom. The van der Waals surface area contributed by atoms with Gasteiger partial charge in [0.1, 0.15) is 6.10 Å². The van der Waals surface area contributed by atoms with Crippen molar-refractivity contribution in [3.63, 3.8) is 0 Å². The van der Waals surface area contributed by atoms with Gasteiger partial charge in [0.2, 0.25) is 0 Å². The molecule has 1 N–H and O–H groups in total. The van der Waals surface area contributed by atoms with Crippen molar-refractivity contribution in [1.29, 1.82) is 5.26 Å². The van der Waals surface area contributed by atoms with Gasteiger partial charge in [-0.2, -0.15) is 5.26 Å². The molecule has 2 aromatic rings. The largest absolute Gasteiger partial charge is 0.445 e. The van der Waals surface area contributed by atoms with Crippen LogP contribution in [0.25, 0.3) is 0 Å². The number of nitriles is 1. The lowest BCUT2D eigenvalue weighted by Gasteiger charge is -2.52. The zero-order chi connectivity index (χ0) is 18.7. The van der Waals surface area contributed by atoms with Crippen molar-refractivity contribution in [1.82, 2.24) is 0 Å². The van der Waals surface area contributed by atoms with Crippen LogP contribution in [0.5, 0.6) is 0 Å². The lowest BCUT2D eigenvalue weighted by Crippen LogP contribution is -2.49. The van der Waals surface area contributed by atoms with E-state index in [1.54, 1.807) is 24.3 Å². The first-order valence-corrected chi connectivity index (χ1v) is 9.71. The Hall–Kier alpha value is -2.80. The third-order valence-corrected chi connectivity index (χ3v) is 6.33. The summed E-state index contributed by atoms with van der Waals surface area (Å²) in [6, 6.07) is 19.7. The van der Waals surface area contributed by atoms with Gasteiger partial charge in [-0.1, -0.05) is 36.4 Å². The van der Waals surface area contributed by atoms with Gasteiger partial charge >= 0.3 is 6.09 Å². The Morgan fingerprint density at radius 2 is 1.78 bits per heavy atom. The second-order valence-corrected chi connectivity index (χ2v) is 7.80. The van der Waals surface area contributed by atoms with Crippen LogP contribution in [0.15, 0.2) is 54.6 Å². The monoisotopic (exact) mass is 360 g/mol. The molecule has 4 rings (SSSR count). The molecular weight excluding hydrogens is 336 g/mol. The molecule has 2 saturated carbocycles. The highest BCUT2D eigenvalue weighted by Crippen LogP contribution is 2.55. The van der Waals surface area contributed by atoms with Crippen LogP contribution in [0.4, 0.5) is 10.5 Å². The summed E-state index contributed by atoms with van der Waals surface area (Å²) >= 11 is 0. The van der Waals surface area contributed by atoms with Crippen LogP contribution >= 0.6 is 0 Å². The SMILES string of the molecule is N#Cc1cccc(NC(=O)O[C@H]2CCC23CCC(c2ccccc2)CC3)c1. The summed E-state index contributed by atoms with van der Waals surface area (Å²) in [4.78, 5) is 12.3. The van der Waals surface area contributed by atoms with Crippen LogP contribution in [0.3, 0.4) is 0 Å². The zero-order valence-corrected chi connectivity index (χ0v) is 15.4. The summed E-state index contributed by atoms with van der Waals surface area (Å²) in [6.07, 6.45) is 6.25. The number of anilines is 1. The summed E-state index contributed by atoms with van der Waals surface area (Å²) in [5.74, 6) is 0.626. The lowest BCUT2D eigenvalue weighted by atomic mass is 9.56. The van der Waals surface area contributed by atoms with E-state index in [0.29, 0.717) is 17.2 Å². The predicted octanol–water partition coefficient (Wildman–Crippen LogP) is 5.61. The number of amides is 1. The van der Waals surface area contributed by atoms with Gasteiger partial charge in [0.25, 0.3) is 0 Å². The summed E-state index contributed by atoms with van der Waals surface area (Å²) < 4.78 is 5.77. The zero-order valence-electron chi connectivity index (χ0n) is 15.4. The van der Waals surface area contributed by atoms with Gasteiger partial charge in [-0.3, -0.25) is 5.32 Å². The number of rotatable bonds is 3. The average Bonchev–Trinajstić information content (AvgIpc) is 2.72. The van der Waals surface area contributed by atoms with Crippen LogP contribution in [0.2, 0.25) is 0 Å². The number of hydrogen-bond acceptors (Lipinski definition) is 3. The fourth-order valence-corrected chi connectivity index (χ4v) is 4.62. The van der Waals surface area contributed by atoms with Crippen molar-refractivity contribution in [2.45, 2.75) is 50.5 Å². The van der Waals surface area contributed by atoms with Gasteiger partial charge in [-0.25, -0.2) is 4.79 Å². The third-order valence-electron chi connectivity index (χ3n) is 6.33. The predicted molar refractivity (Wildman–Crippen MR) is 104 cm³/mol. The smallest absolute Gasteiger partial charge is 0.411 e. The normalized spacial score (nSPS) is 26.6. The highest BCUT2D eigenvalue weighted by molar-refractivity contribution is 5.85. The number of hydrogen-bond donors (Lipinski definition) is 1. The van der Waals surface area contributed by atoms with Gasteiger partial charge in [0, 0.05) is 11.1 Å². The number of benzene rings is 2. The van der Waals surface area contributed by atoms with Gasteiger partial charge < -0.3 is 4.74 Å². The molecular formula is C23H24N2O2. The molecule has 4 heteroatoms. The molecule has 0 aliphatic heterocycles. The maximum atomic E-state index is 12.3. The molecule has 4 nitrogen and oxygen atoms in total. The van der Waals surface area contributed by atoms with E-state index >= 15 is 0 Å². The van der Waals surface area contributed by atoms with E-state index in [4.69, 9.17) is 10.00 Å². The van der Waals surface area contributed by atoms with E-state index in [9.17, 15) is 4.79 Å². The molecule has 2 aliphatic rings. The molecule has 0 radical (unpaired) electrons. The Labute approximate surface area is 160 Å². The van der Waals surface area contributed by atoms with Crippen molar-refractivity contribution < 1.29 is 9.53 Å². The van der Waals surface area contributed by atoms with Crippen LogP contribution < -0.4 is 5.32 Å². The Bertz CT molecular complexity index is 848. The molecule has 0 heterocycles. The maximum Gasteiger partial charge on any atom is 0.411 e. The molecule has 2 aromatic carbocycles. The van der Waals surface area contributed by atoms with E-state index in [1.165, 1.54) is 5.56 Å². The molecule has 0 unspecified atom stereocenters. The van der Waals surface area contributed by atoms with Crippen molar-refractivity contribution in [3.8, 4) is 6.07 Å². The van der Waals surface area contributed by atoms with Crippen molar-refractivity contribution in [2.24, 2.45) is 5.41 Å². The topological polar surface area (TPSA) is 62.1 Å². The third kappa shape index (κ3) is 3.68. The van der Waals surface area contributed by atoms with E-state index in [2.05, 4.69) is 41.7 Å². The molecule has 1 spiro atoms. The van der Waals surface area contributed by atoms with Crippen molar-refractivity contribution in [3.05, 3.63) is 65.7 Å². The van der Waals surface area contributed by atoms with E-state index in [1.807, 2.05) is 0 Å². The van der Waals surface area contributed by atoms with Gasteiger partial charge in [0.15, 0.2) is 0 Å². The Morgan fingerprint density at radius 3 is 2.44 bits per heavy atom. The minimum absolute atomic E-state index is 0.00775. The number of nitrogens with one attached hydrogen (secondary N) is 1. The number of nitrogens with zero attached hydrogens (tertiary/aromatic N) is 1. The average molecular weight is 360 g/mol. The van der Waals surface area contributed by atoms with Gasteiger partial charge in [-0.15, -0.1) is 0 Å². The minimum atomic E-state index is -0.417. The first kappa shape index (κ1) is 17.6. The summed E-state index contributed by atoms with van der Waals surface area (Å²) in [5.41, 5.74) is 2.71. The fourth-order valence-electron chi connectivity index (χ4n) is 4.62. The maximum absolute atomic E-state index is 12.3. The Balaban J connectivity index is 1.33. The summed E-state index contributed by atoms with van der Waals surface area (Å²) in [7, 11) is 0. The van der Waals surface area contributed by atoms with Gasteiger partial charge in [0.05, 0.1) is 11.6 Å². The second kappa shape index (κ2) is 7.44. The fraction of sp³-hybridized carbons (Fsp3) is 0.391. The minimum Gasteiger partial charge on any atom is -0.445 e. The number of carbonyl (C=O) groups excluding carboxylic acids is 1. The number of ether oxygens (including phenoxy) is 1. The molecule has 138 valence electrons. The molecule has 1 amide bonds. The molecule has 1 atom stereocenters. The summed E-state index contributed by atoms with van der Waals surface area (Å²) in [6.45, 7) is 0. The van der Waals surface area contributed by atoms with E-state index in [0.717, 1.165) is 38.5 Å². The van der Waals surface area contributed by atoms with Crippen LogP contribution in [0, 0.1) is 16.7 Å². The molecule has 0 aromatic heterocycles. The molecule has 0 bridgehead atoms. The molecule has 2 aliphatic carbocycles. The van der Waals surface area contributed by atoms with Crippen LogP contribution in [-0.4, -0.2) is 12.2 Å². The molecule has 2 fully saturated rings. The van der Waals surface area contributed by atoms with E-state index < -0.39 is 6.09 Å². The van der Waals surface area contributed by atoms with Crippen molar-refractivity contribution >= 4 is 11.8 Å². The quantitative estimate of drug-likeness (QED) is 0.773.